The van der Waals surface area contributed by atoms with Gasteiger partial charge in [-0.15, -0.1) is 0 Å². The zero-order valence-corrected chi connectivity index (χ0v) is 29.4. The fourth-order valence-electron chi connectivity index (χ4n) is 6.09. The summed E-state index contributed by atoms with van der Waals surface area (Å²) in [4.78, 5) is 33.9. The standard InChI is InChI=1S/C35H65N3O10/c1-28(39)38-31-32(43)33(44)35(27-47-34(31)48-35)26-46-23-12-8-11-19-36-20-14-21-37-22-15-25-45-24-13-17-29(40)16-9-6-4-2-3-5-7-10-18-30(41)42/h31-34,36-37,43-44H,2-27H2,1H3,(H,38,39)(H,41,42)/t31-,32-,33-,34+,35+/m1/s1. The molecule has 0 radical (unpaired) electrons. The number of carboxylic acid groups (broad SMARTS) is 1. The van der Waals surface area contributed by atoms with Gasteiger partial charge in [0.15, 0.2) is 6.29 Å². The van der Waals surface area contributed by atoms with Crippen molar-refractivity contribution in [3.63, 3.8) is 0 Å². The van der Waals surface area contributed by atoms with Gasteiger partial charge in [0.1, 0.15) is 29.6 Å². The Kier molecular flexibility index (Phi) is 23.1. The number of aliphatic hydroxyl groups is 2. The lowest BCUT2D eigenvalue weighted by molar-refractivity contribution is -0.237. The molecule has 13 nitrogen and oxygen atoms in total. The molecule has 2 heterocycles. The van der Waals surface area contributed by atoms with Crippen LogP contribution in [0.5, 0.6) is 0 Å². The number of nitrogens with one attached hydrogen (secondary N) is 3. The third-order valence-electron chi connectivity index (χ3n) is 8.91. The predicted molar refractivity (Wildman–Crippen MR) is 182 cm³/mol. The second-order valence-electron chi connectivity index (χ2n) is 13.3. The lowest BCUT2D eigenvalue weighted by Crippen LogP contribution is -2.66. The first-order valence-corrected chi connectivity index (χ1v) is 18.5. The first-order chi connectivity index (χ1) is 23.2. The van der Waals surface area contributed by atoms with Crippen LogP contribution in [0.15, 0.2) is 0 Å². The third-order valence-corrected chi connectivity index (χ3v) is 8.91. The normalized spacial score (nSPS) is 23.4. The second-order valence-corrected chi connectivity index (χ2v) is 13.3. The Bertz CT molecular complexity index is 882. The van der Waals surface area contributed by atoms with Crippen LogP contribution in [-0.2, 0) is 33.3 Å². The topological polar surface area (TPSA) is 185 Å². The van der Waals surface area contributed by atoms with Gasteiger partial charge in [0, 0.05) is 46.0 Å². The maximum absolute atomic E-state index is 12.0. The zero-order chi connectivity index (χ0) is 34.9. The number of carboxylic acids is 1. The highest BCUT2D eigenvalue weighted by molar-refractivity contribution is 5.78. The molecule has 0 aromatic heterocycles. The number of aliphatic hydroxyl groups excluding tert-OH is 2. The summed E-state index contributed by atoms with van der Waals surface area (Å²) in [6.45, 7) is 7.25. The lowest BCUT2D eigenvalue weighted by Gasteiger charge is -2.42. The number of fused-ring (bicyclic) bond motifs is 2. The van der Waals surface area contributed by atoms with Gasteiger partial charge in [-0.25, -0.2) is 0 Å². The lowest BCUT2D eigenvalue weighted by atomic mass is 9.88. The minimum Gasteiger partial charge on any atom is -0.481 e. The summed E-state index contributed by atoms with van der Waals surface area (Å²) in [5.41, 5.74) is -1.11. The quantitative estimate of drug-likeness (QED) is 0.0570. The van der Waals surface area contributed by atoms with E-state index in [4.69, 9.17) is 24.1 Å². The minimum atomic E-state index is -1.22. The highest BCUT2D eigenvalue weighted by atomic mass is 16.7. The Labute approximate surface area is 287 Å². The SMILES string of the molecule is CC(=O)N[C@H]1[C@H]2OC[C@](COCCCCCNCCCNCCCOCCCC(=O)CCCCCCCCCCC(=O)O)(O2)[C@H](O)[C@@H]1O. The molecule has 6 N–H and O–H groups in total. The van der Waals surface area contributed by atoms with E-state index in [0.29, 0.717) is 38.4 Å². The van der Waals surface area contributed by atoms with Gasteiger partial charge in [-0.05, 0) is 77.5 Å². The van der Waals surface area contributed by atoms with Crippen LogP contribution in [0.4, 0.5) is 0 Å². The highest BCUT2D eigenvalue weighted by Crippen LogP contribution is 2.37. The smallest absolute Gasteiger partial charge is 0.303 e. The number of Topliss-reactive ketones (excluding diaryl/α,β-unsaturated/α-hetero) is 1. The van der Waals surface area contributed by atoms with Crippen molar-refractivity contribution in [3.05, 3.63) is 0 Å². The Hall–Kier alpha value is -1.71. The van der Waals surface area contributed by atoms with E-state index in [1.54, 1.807) is 0 Å². The number of ketones is 1. The van der Waals surface area contributed by atoms with E-state index < -0.39 is 36.1 Å². The van der Waals surface area contributed by atoms with Gasteiger partial charge in [0.25, 0.3) is 0 Å². The number of carbonyl (C=O) groups excluding carboxylic acids is 2. The average molecular weight is 688 g/mol. The van der Waals surface area contributed by atoms with Crippen LogP contribution in [0.2, 0.25) is 0 Å². The van der Waals surface area contributed by atoms with Crippen LogP contribution in [0.3, 0.4) is 0 Å². The molecule has 2 aliphatic rings. The Morgan fingerprint density at radius 3 is 1.96 bits per heavy atom. The molecule has 0 aromatic rings. The first-order valence-electron chi connectivity index (χ1n) is 18.5. The van der Waals surface area contributed by atoms with E-state index in [0.717, 1.165) is 110 Å². The molecule has 48 heavy (non-hydrogen) atoms. The number of rotatable bonds is 32. The Morgan fingerprint density at radius 2 is 1.27 bits per heavy atom. The fourth-order valence-corrected chi connectivity index (χ4v) is 6.09. The van der Waals surface area contributed by atoms with Crippen LogP contribution >= 0.6 is 0 Å². The van der Waals surface area contributed by atoms with E-state index in [9.17, 15) is 24.6 Å². The summed E-state index contributed by atoms with van der Waals surface area (Å²) in [5.74, 6) is -0.699. The van der Waals surface area contributed by atoms with E-state index in [1.807, 2.05) is 0 Å². The van der Waals surface area contributed by atoms with E-state index in [2.05, 4.69) is 16.0 Å². The van der Waals surface area contributed by atoms with Gasteiger partial charge in [-0.1, -0.05) is 38.5 Å². The van der Waals surface area contributed by atoms with Gasteiger partial charge in [0.05, 0.1) is 13.2 Å². The number of amides is 1. The molecule has 0 spiro atoms. The van der Waals surface area contributed by atoms with Gasteiger partial charge >= 0.3 is 5.97 Å². The molecule has 0 unspecified atom stereocenters. The molecule has 5 atom stereocenters. The van der Waals surface area contributed by atoms with Gasteiger partial charge < -0.3 is 50.2 Å². The van der Waals surface area contributed by atoms with Crippen LogP contribution < -0.4 is 16.0 Å². The molecule has 0 saturated carbocycles. The molecule has 2 fully saturated rings. The molecule has 2 saturated heterocycles. The van der Waals surface area contributed by atoms with E-state index in [-0.39, 0.29) is 25.5 Å². The molecule has 1 amide bonds. The van der Waals surface area contributed by atoms with Crippen LogP contribution in [0.1, 0.15) is 116 Å². The Balaban J connectivity index is 1.26. The monoisotopic (exact) mass is 687 g/mol. The van der Waals surface area contributed by atoms with Gasteiger partial charge in [0.2, 0.25) is 5.91 Å². The maximum atomic E-state index is 12.0. The van der Waals surface area contributed by atoms with Crippen molar-refractivity contribution in [1.29, 1.82) is 0 Å². The number of hydrogen-bond acceptors (Lipinski definition) is 11. The summed E-state index contributed by atoms with van der Waals surface area (Å²) >= 11 is 0. The number of ether oxygens (including phenoxy) is 4. The number of unbranched alkanes of at least 4 members (excludes halogenated alkanes) is 9. The summed E-state index contributed by atoms with van der Waals surface area (Å²) in [5, 5.41) is 39.2. The maximum Gasteiger partial charge on any atom is 0.303 e. The average Bonchev–Trinajstić information content (AvgIpc) is 3.46. The molecular weight excluding hydrogens is 622 g/mol. The number of carbonyl (C=O) groups is 3. The largest absolute Gasteiger partial charge is 0.481 e. The van der Waals surface area contributed by atoms with Crippen molar-refractivity contribution in [3.8, 4) is 0 Å². The summed E-state index contributed by atoms with van der Waals surface area (Å²) in [6.07, 6.45) is 12.5. The summed E-state index contributed by atoms with van der Waals surface area (Å²) < 4.78 is 22.9. The van der Waals surface area contributed by atoms with Gasteiger partial charge in [-0.3, -0.25) is 14.4 Å². The van der Waals surface area contributed by atoms with Crippen LogP contribution in [0, 0.1) is 0 Å². The van der Waals surface area contributed by atoms with Crippen molar-refractivity contribution < 1.29 is 48.7 Å². The molecule has 0 aromatic carbocycles. The van der Waals surface area contributed by atoms with E-state index in [1.165, 1.54) is 13.3 Å². The highest BCUT2D eigenvalue weighted by Gasteiger charge is 2.59. The molecule has 0 aliphatic carbocycles. The van der Waals surface area contributed by atoms with Crippen molar-refractivity contribution in [1.82, 2.24) is 16.0 Å². The molecule has 2 aliphatic heterocycles. The number of aliphatic carboxylic acids is 1. The first kappa shape index (κ1) is 42.5. The summed E-state index contributed by atoms with van der Waals surface area (Å²) in [6, 6.07) is -0.809. The Morgan fingerprint density at radius 1 is 0.708 bits per heavy atom. The molecule has 2 rings (SSSR count). The van der Waals surface area contributed by atoms with Crippen molar-refractivity contribution in [2.45, 2.75) is 146 Å². The van der Waals surface area contributed by atoms with Crippen LogP contribution in [-0.4, -0.2) is 122 Å². The molecule has 280 valence electrons. The predicted octanol–water partition coefficient (Wildman–Crippen LogP) is 2.84. The van der Waals surface area contributed by atoms with E-state index >= 15 is 0 Å². The van der Waals surface area contributed by atoms with Crippen LogP contribution in [0.25, 0.3) is 0 Å². The van der Waals surface area contributed by atoms with Crippen molar-refractivity contribution >= 4 is 17.7 Å². The number of hydrogen-bond donors (Lipinski definition) is 6. The minimum absolute atomic E-state index is 0.104. The third kappa shape index (κ3) is 18.3. The van der Waals surface area contributed by atoms with Crippen molar-refractivity contribution in [2.75, 3.05) is 59.2 Å². The molecule has 13 heteroatoms. The summed E-state index contributed by atoms with van der Waals surface area (Å²) in [7, 11) is 0. The second kappa shape index (κ2) is 26.1. The molecule has 2 bridgehead atoms. The zero-order valence-electron chi connectivity index (χ0n) is 29.4. The molecular formula is C35H65N3O10. The fraction of sp³-hybridized carbons (Fsp3) is 0.914. The van der Waals surface area contributed by atoms with Crippen molar-refractivity contribution in [2.24, 2.45) is 0 Å². The van der Waals surface area contributed by atoms with Gasteiger partial charge in [-0.2, -0.15) is 0 Å².